The van der Waals surface area contributed by atoms with E-state index in [-0.39, 0.29) is 6.03 Å². The van der Waals surface area contributed by atoms with Gasteiger partial charge in [-0.15, -0.1) is 0 Å². The van der Waals surface area contributed by atoms with Crippen LogP contribution in [0, 0.1) is 5.41 Å². The van der Waals surface area contributed by atoms with Crippen LogP contribution in [0.1, 0.15) is 62.6 Å². The SMILES string of the molecule is CC1CC2(CCC2)CN1C(=O)NCc1c(C2CC2)cnn1C. The number of likely N-dealkylation sites (tertiary alicyclic amines) is 1. The van der Waals surface area contributed by atoms with Gasteiger partial charge in [-0.05, 0) is 55.9 Å². The lowest BCUT2D eigenvalue weighted by atomic mass is 9.68. The van der Waals surface area contributed by atoms with Crippen molar-refractivity contribution in [2.45, 2.75) is 64.0 Å². The lowest BCUT2D eigenvalue weighted by Crippen LogP contribution is -2.43. The highest BCUT2D eigenvalue weighted by molar-refractivity contribution is 5.75. The molecule has 22 heavy (non-hydrogen) atoms. The Morgan fingerprint density at radius 2 is 2.23 bits per heavy atom. The summed E-state index contributed by atoms with van der Waals surface area (Å²) < 4.78 is 1.91. The molecule has 1 aliphatic heterocycles. The zero-order chi connectivity index (χ0) is 15.3. The molecule has 1 atom stereocenters. The summed E-state index contributed by atoms with van der Waals surface area (Å²) in [5.74, 6) is 0.671. The van der Waals surface area contributed by atoms with Crippen LogP contribution >= 0.6 is 0 Å². The molecule has 0 aromatic carbocycles. The predicted octanol–water partition coefficient (Wildman–Crippen LogP) is 2.77. The lowest BCUT2D eigenvalue weighted by molar-refractivity contribution is 0.141. The average Bonchev–Trinajstić information content (AvgIpc) is 3.13. The molecule has 2 heterocycles. The molecule has 1 saturated heterocycles. The Balaban J connectivity index is 1.39. The van der Waals surface area contributed by atoms with Crippen LogP contribution in [-0.2, 0) is 13.6 Å². The summed E-state index contributed by atoms with van der Waals surface area (Å²) in [7, 11) is 1.97. The van der Waals surface area contributed by atoms with E-state index in [2.05, 4.69) is 17.3 Å². The van der Waals surface area contributed by atoms with E-state index in [0.717, 1.165) is 6.54 Å². The third kappa shape index (κ3) is 2.31. The van der Waals surface area contributed by atoms with Crippen molar-refractivity contribution < 1.29 is 4.79 Å². The number of aryl methyl sites for hydroxylation is 1. The predicted molar refractivity (Wildman–Crippen MR) is 84.5 cm³/mol. The number of nitrogens with one attached hydrogen (secondary N) is 1. The molecule has 4 rings (SSSR count). The second-order valence-corrected chi connectivity index (χ2v) is 7.64. The number of hydrogen-bond donors (Lipinski definition) is 1. The van der Waals surface area contributed by atoms with Crippen molar-refractivity contribution in [3.63, 3.8) is 0 Å². The first-order chi connectivity index (χ1) is 10.6. The number of amides is 2. The first-order valence-corrected chi connectivity index (χ1v) is 8.63. The number of carbonyl (C=O) groups excluding carboxylic acids is 1. The molecular formula is C17H26N4O. The molecular weight excluding hydrogens is 276 g/mol. The second kappa shape index (κ2) is 5.00. The minimum atomic E-state index is 0.0965. The van der Waals surface area contributed by atoms with Crippen molar-refractivity contribution in [1.82, 2.24) is 20.0 Å². The molecule has 0 bridgehead atoms. The maximum absolute atomic E-state index is 12.6. The largest absolute Gasteiger partial charge is 0.332 e. The standard InChI is InChI=1S/C17H26N4O/c1-12-8-17(6-3-7-17)11-21(12)16(22)18-10-15-14(13-4-5-13)9-19-20(15)2/h9,12-13H,3-8,10-11H2,1-2H3,(H,18,22). The maximum Gasteiger partial charge on any atom is 0.317 e. The van der Waals surface area contributed by atoms with Gasteiger partial charge in [0.2, 0.25) is 0 Å². The van der Waals surface area contributed by atoms with Gasteiger partial charge in [-0.1, -0.05) is 6.42 Å². The summed E-state index contributed by atoms with van der Waals surface area (Å²) in [5, 5.41) is 7.50. The van der Waals surface area contributed by atoms with Gasteiger partial charge in [-0.2, -0.15) is 5.10 Å². The van der Waals surface area contributed by atoms with Gasteiger partial charge in [-0.25, -0.2) is 4.79 Å². The summed E-state index contributed by atoms with van der Waals surface area (Å²) in [6, 6.07) is 0.467. The van der Waals surface area contributed by atoms with E-state index in [1.807, 2.05) is 22.8 Å². The number of aromatic nitrogens is 2. The van der Waals surface area contributed by atoms with Gasteiger partial charge in [0.05, 0.1) is 18.4 Å². The number of carbonyl (C=O) groups is 1. The topological polar surface area (TPSA) is 50.2 Å². The van der Waals surface area contributed by atoms with Crippen molar-refractivity contribution in [2.24, 2.45) is 12.5 Å². The Morgan fingerprint density at radius 3 is 2.82 bits per heavy atom. The van der Waals surface area contributed by atoms with Crippen LogP contribution in [0.4, 0.5) is 4.79 Å². The molecule has 1 aromatic heterocycles. The highest BCUT2D eigenvalue weighted by Gasteiger charge is 2.47. The zero-order valence-electron chi connectivity index (χ0n) is 13.6. The van der Waals surface area contributed by atoms with Gasteiger partial charge in [0.1, 0.15) is 0 Å². The van der Waals surface area contributed by atoms with Crippen LogP contribution in [0.5, 0.6) is 0 Å². The number of urea groups is 1. The van der Waals surface area contributed by atoms with Crippen LogP contribution in [0.2, 0.25) is 0 Å². The van der Waals surface area contributed by atoms with Crippen molar-refractivity contribution in [3.05, 3.63) is 17.5 Å². The molecule has 2 amide bonds. The van der Waals surface area contributed by atoms with Gasteiger partial charge < -0.3 is 10.2 Å². The van der Waals surface area contributed by atoms with E-state index >= 15 is 0 Å². The normalized spacial score (nSPS) is 26.3. The van der Waals surface area contributed by atoms with Gasteiger partial charge >= 0.3 is 6.03 Å². The Morgan fingerprint density at radius 1 is 1.45 bits per heavy atom. The molecule has 1 N–H and O–H groups in total. The number of rotatable bonds is 3. The molecule has 1 unspecified atom stereocenters. The van der Waals surface area contributed by atoms with Gasteiger partial charge in [0.25, 0.3) is 0 Å². The Kier molecular flexibility index (Phi) is 3.20. The third-order valence-corrected chi connectivity index (χ3v) is 5.96. The van der Waals surface area contributed by atoms with Crippen molar-refractivity contribution in [1.29, 1.82) is 0 Å². The van der Waals surface area contributed by atoms with Crippen molar-refractivity contribution in [2.75, 3.05) is 6.54 Å². The average molecular weight is 302 g/mol. The maximum atomic E-state index is 12.6. The number of hydrogen-bond acceptors (Lipinski definition) is 2. The Bertz CT molecular complexity index is 585. The fourth-order valence-electron chi connectivity index (χ4n) is 4.32. The Hall–Kier alpha value is -1.52. The second-order valence-electron chi connectivity index (χ2n) is 7.64. The molecule has 2 saturated carbocycles. The molecule has 2 aliphatic carbocycles. The smallest absolute Gasteiger partial charge is 0.317 e. The lowest BCUT2D eigenvalue weighted by Gasteiger charge is -2.37. The monoisotopic (exact) mass is 302 g/mol. The van der Waals surface area contributed by atoms with Crippen LogP contribution in [0.3, 0.4) is 0 Å². The summed E-state index contributed by atoms with van der Waals surface area (Å²) in [4.78, 5) is 14.6. The van der Waals surface area contributed by atoms with Crippen LogP contribution in [-0.4, -0.2) is 33.3 Å². The van der Waals surface area contributed by atoms with Gasteiger partial charge in [0, 0.05) is 19.6 Å². The molecule has 1 aromatic rings. The van der Waals surface area contributed by atoms with Crippen molar-refractivity contribution >= 4 is 6.03 Å². The van der Waals surface area contributed by atoms with E-state index in [0.29, 0.717) is 23.9 Å². The minimum absolute atomic E-state index is 0.0965. The summed E-state index contributed by atoms with van der Waals surface area (Å²) in [6.45, 7) is 3.73. The molecule has 1 spiro atoms. The molecule has 0 radical (unpaired) electrons. The molecule has 120 valence electrons. The van der Waals surface area contributed by atoms with Crippen LogP contribution in [0.25, 0.3) is 0 Å². The van der Waals surface area contributed by atoms with E-state index in [9.17, 15) is 4.79 Å². The van der Waals surface area contributed by atoms with Gasteiger partial charge in [-0.3, -0.25) is 4.68 Å². The minimum Gasteiger partial charge on any atom is -0.332 e. The van der Waals surface area contributed by atoms with E-state index in [1.165, 1.54) is 49.8 Å². The fraction of sp³-hybridized carbons (Fsp3) is 0.765. The van der Waals surface area contributed by atoms with Crippen LogP contribution in [0.15, 0.2) is 6.20 Å². The zero-order valence-corrected chi connectivity index (χ0v) is 13.6. The summed E-state index contributed by atoms with van der Waals surface area (Å²) >= 11 is 0. The highest BCUT2D eigenvalue weighted by Crippen LogP contribution is 2.50. The first kappa shape index (κ1) is 14.1. The fourth-order valence-corrected chi connectivity index (χ4v) is 4.32. The summed E-state index contributed by atoms with van der Waals surface area (Å²) in [5.41, 5.74) is 2.94. The van der Waals surface area contributed by atoms with E-state index in [1.54, 1.807) is 0 Å². The van der Waals surface area contributed by atoms with E-state index < -0.39 is 0 Å². The summed E-state index contributed by atoms with van der Waals surface area (Å²) in [6.07, 6.45) is 9.61. The number of nitrogens with zero attached hydrogens (tertiary/aromatic N) is 3. The molecule has 3 fully saturated rings. The first-order valence-electron chi connectivity index (χ1n) is 8.63. The molecule has 3 aliphatic rings. The third-order valence-electron chi connectivity index (χ3n) is 5.96. The van der Waals surface area contributed by atoms with Crippen molar-refractivity contribution in [3.8, 4) is 0 Å². The molecule has 5 nitrogen and oxygen atoms in total. The quantitative estimate of drug-likeness (QED) is 0.933. The van der Waals surface area contributed by atoms with Gasteiger partial charge in [0.15, 0.2) is 0 Å². The van der Waals surface area contributed by atoms with E-state index in [4.69, 9.17) is 0 Å². The van der Waals surface area contributed by atoms with Crippen LogP contribution < -0.4 is 5.32 Å². The highest BCUT2D eigenvalue weighted by atomic mass is 16.2. The molecule has 5 heteroatoms. The Labute approximate surface area is 132 Å².